The van der Waals surface area contributed by atoms with Crippen LogP contribution in [0.1, 0.15) is 80.9 Å². The van der Waals surface area contributed by atoms with E-state index in [9.17, 15) is 14.4 Å². The monoisotopic (exact) mass is 477 g/mol. The van der Waals surface area contributed by atoms with Gasteiger partial charge in [0.2, 0.25) is 0 Å². The highest BCUT2D eigenvalue weighted by Gasteiger charge is 2.53. The Hall–Kier alpha value is -2.70. The Morgan fingerprint density at radius 3 is 2.54 bits per heavy atom. The van der Waals surface area contributed by atoms with Gasteiger partial charge in [-0.25, -0.2) is 9.78 Å². The van der Waals surface area contributed by atoms with Crippen LogP contribution >= 0.6 is 0 Å². The number of hydrogen-bond donors (Lipinski definition) is 1. The fourth-order valence-corrected chi connectivity index (χ4v) is 7.90. The molecular weight excluding hydrogens is 442 g/mol. The van der Waals surface area contributed by atoms with Crippen molar-refractivity contribution in [3.05, 3.63) is 39.9 Å². The molecule has 7 heteroatoms. The maximum absolute atomic E-state index is 12.9. The highest BCUT2D eigenvalue weighted by Crippen LogP contribution is 2.61. The zero-order valence-corrected chi connectivity index (χ0v) is 20.6. The van der Waals surface area contributed by atoms with Crippen LogP contribution in [0.3, 0.4) is 0 Å². The number of nitrogens with one attached hydrogen (secondary N) is 1. The number of amides is 1. The molecule has 4 saturated carbocycles. The number of esters is 1. The molecule has 0 saturated heterocycles. The number of carbonyl (C=O) groups is 2. The summed E-state index contributed by atoms with van der Waals surface area (Å²) in [5.74, 6) is 2.43. The van der Waals surface area contributed by atoms with Crippen LogP contribution in [-0.4, -0.2) is 34.1 Å². The predicted octanol–water partition coefficient (Wildman–Crippen LogP) is 4.00. The largest absolute Gasteiger partial charge is 0.452 e. The lowest BCUT2D eigenvalue weighted by Gasteiger charge is -2.59. The van der Waals surface area contributed by atoms with Gasteiger partial charge >= 0.3 is 5.97 Å². The van der Waals surface area contributed by atoms with Crippen molar-refractivity contribution in [2.24, 2.45) is 23.2 Å². The van der Waals surface area contributed by atoms with Gasteiger partial charge in [-0.3, -0.25) is 14.2 Å². The number of carbonyl (C=O) groups excluding carboxylic acids is 2. The number of benzene rings is 1. The normalized spacial score (nSPS) is 29.9. The molecule has 1 aliphatic heterocycles. The number of nitrogens with zero attached hydrogens (tertiary/aromatic N) is 2. The molecule has 1 N–H and O–H groups in total. The first-order chi connectivity index (χ1) is 16.9. The van der Waals surface area contributed by atoms with Crippen molar-refractivity contribution in [1.29, 1.82) is 0 Å². The third-order valence-electron chi connectivity index (χ3n) is 9.27. The number of aryl methyl sites for hydroxylation is 1. The number of ether oxygens (including phenoxy) is 1. The lowest BCUT2D eigenvalue weighted by molar-refractivity contribution is -0.128. The standard InChI is InChI=1S/C28H35N3O4/c1-17(28-13-18-9-19(14-28)11-20(10-18)15-28)29-25(32)16-35-27(34)21-6-7-22-23(12-21)30-24-5-3-2-4-8-31(24)26(22)33/h6-7,12,17-20H,2-5,8-11,13-16H2,1H3,(H,29,32). The van der Waals surface area contributed by atoms with Crippen molar-refractivity contribution in [2.45, 2.75) is 83.7 Å². The number of fused-ring (bicyclic) bond motifs is 2. The van der Waals surface area contributed by atoms with Crippen LogP contribution in [0.4, 0.5) is 0 Å². The molecule has 1 atom stereocenters. The first kappa shape index (κ1) is 22.7. The summed E-state index contributed by atoms with van der Waals surface area (Å²) >= 11 is 0. The highest BCUT2D eigenvalue weighted by atomic mass is 16.5. The Kier molecular flexibility index (Phi) is 5.69. The molecule has 7 nitrogen and oxygen atoms in total. The van der Waals surface area contributed by atoms with Crippen molar-refractivity contribution >= 4 is 22.8 Å². The zero-order chi connectivity index (χ0) is 24.2. The molecule has 35 heavy (non-hydrogen) atoms. The van der Waals surface area contributed by atoms with Gasteiger partial charge in [-0.2, -0.15) is 0 Å². The van der Waals surface area contributed by atoms with Crippen LogP contribution in [0.15, 0.2) is 23.0 Å². The van der Waals surface area contributed by atoms with E-state index < -0.39 is 5.97 Å². The lowest BCUT2D eigenvalue weighted by atomic mass is 9.48. The summed E-state index contributed by atoms with van der Waals surface area (Å²) in [4.78, 5) is 43.0. The van der Waals surface area contributed by atoms with Crippen LogP contribution in [0.2, 0.25) is 0 Å². The molecule has 4 bridgehead atoms. The van der Waals surface area contributed by atoms with Crippen molar-refractivity contribution < 1.29 is 14.3 Å². The molecule has 2 aromatic rings. The number of hydrogen-bond acceptors (Lipinski definition) is 5. The molecular formula is C28H35N3O4. The second-order valence-corrected chi connectivity index (χ2v) is 11.7. The van der Waals surface area contributed by atoms with Crippen LogP contribution < -0.4 is 10.9 Å². The molecule has 1 unspecified atom stereocenters. The Labute approximate surface area is 205 Å². The smallest absolute Gasteiger partial charge is 0.338 e. The van der Waals surface area contributed by atoms with Gasteiger partial charge in [0, 0.05) is 19.0 Å². The molecule has 1 amide bonds. The fourth-order valence-electron chi connectivity index (χ4n) is 7.90. The average Bonchev–Trinajstić information content (AvgIpc) is 3.07. The summed E-state index contributed by atoms with van der Waals surface area (Å²) in [6, 6.07) is 4.94. The highest BCUT2D eigenvalue weighted by molar-refractivity contribution is 5.95. The minimum absolute atomic E-state index is 0.0511. The summed E-state index contributed by atoms with van der Waals surface area (Å²) in [6.45, 7) is 2.52. The Morgan fingerprint density at radius 2 is 1.83 bits per heavy atom. The molecule has 0 radical (unpaired) electrons. The molecule has 0 spiro atoms. The molecule has 4 aliphatic carbocycles. The molecule has 7 rings (SSSR count). The molecule has 186 valence electrons. The van der Waals surface area contributed by atoms with Gasteiger partial charge in [0.1, 0.15) is 5.82 Å². The minimum atomic E-state index is -0.568. The summed E-state index contributed by atoms with van der Waals surface area (Å²) in [5, 5.41) is 3.66. The van der Waals surface area contributed by atoms with E-state index in [2.05, 4.69) is 17.2 Å². The van der Waals surface area contributed by atoms with E-state index in [0.29, 0.717) is 23.0 Å². The minimum Gasteiger partial charge on any atom is -0.452 e. The van der Waals surface area contributed by atoms with Crippen LogP contribution in [0.5, 0.6) is 0 Å². The first-order valence-electron chi connectivity index (χ1n) is 13.4. The van der Waals surface area contributed by atoms with Gasteiger partial charge in [0.05, 0.1) is 16.5 Å². The van der Waals surface area contributed by atoms with Crippen LogP contribution in [0, 0.1) is 23.2 Å². The summed E-state index contributed by atoms with van der Waals surface area (Å²) in [7, 11) is 0. The van der Waals surface area contributed by atoms with Crippen molar-refractivity contribution in [3.8, 4) is 0 Å². The Balaban J connectivity index is 1.10. The second-order valence-electron chi connectivity index (χ2n) is 11.7. The van der Waals surface area contributed by atoms with Gasteiger partial charge in [-0.1, -0.05) is 6.42 Å². The number of rotatable bonds is 5. The summed E-state index contributed by atoms with van der Waals surface area (Å²) in [6.07, 6.45) is 11.6. The zero-order valence-electron chi connectivity index (χ0n) is 20.6. The summed E-state index contributed by atoms with van der Waals surface area (Å²) < 4.78 is 7.13. The van der Waals surface area contributed by atoms with Gasteiger partial charge in [-0.05, 0) is 99.7 Å². The van der Waals surface area contributed by atoms with Gasteiger partial charge in [0.15, 0.2) is 6.61 Å². The van der Waals surface area contributed by atoms with Crippen molar-refractivity contribution in [2.75, 3.05) is 6.61 Å². The lowest BCUT2D eigenvalue weighted by Crippen LogP contribution is -2.56. The van der Waals surface area contributed by atoms with E-state index >= 15 is 0 Å². The van der Waals surface area contributed by atoms with E-state index in [1.807, 2.05) is 0 Å². The average molecular weight is 478 g/mol. The van der Waals surface area contributed by atoms with E-state index in [1.165, 1.54) is 38.5 Å². The predicted molar refractivity (Wildman–Crippen MR) is 132 cm³/mol. The Bertz CT molecular complexity index is 1200. The topological polar surface area (TPSA) is 90.3 Å². The Morgan fingerprint density at radius 1 is 1.11 bits per heavy atom. The van der Waals surface area contributed by atoms with E-state index in [-0.39, 0.29) is 29.5 Å². The second kappa shape index (κ2) is 8.75. The van der Waals surface area contributed by atoms with Crippen LogP contribution in [0.25, 0.3) is 10.9 Å². The van der Waals surface area contributed by atoms with Crippen molar-refractivity contribution in [3.63, 3.8) is 0 Å². The SMILES string of the molecule is CC(NC(=O)COC(=O)c1ccc2c(=O)n3c(nc2c1)CCCCC3)C12CC3CC(CC(C3)C1)C2. The summed E-state index contributed by atoms with van der Waals surface area (Å²) in [5.41, 5.74) is 0.983. The molecule has 4 fully saturated rings. The fraction of sp³-hybridized carbons (Fsp3) is 0.643. The van der Waals surface area contributed by atoms with E-state index in [0.717, 1.165) is 49.3 Å². The molecule has 5 aliphatic rings. The maximum atomic E-state index is 12.9. The van der Waals surface area contributed by atoms with Gasteiger partial charge < -0.3 is 10.1 Å². The molecule has 1 aromatic carbocycles. The van der Waals surface area contributed by atoms with Gasteiger partial charge in [-0.15, -0.1) is 0 Å². The third kappa shape index (κ3) is 4.17. The van der Waals surface area contributed by atoms with Crippen LogP contribution in [-0.2, 0) is 22.5 Å². The quantitative estimate of drug-likeness (QED) is 0.658. The van der Waals surface area contributed by atoms with E-state index in [4.69, 9.17) is 4.74 Å². The van der Waals surface area contributed by atoms with Gasteiger partial charge in [0.25, 0.3) is 11.5 Å². The number of aromatic nitrogens is 2. The molecule has 1 aromatic heterocycles. The maximum Gasteiger partial charge on any atom is 0.338 e. The third-order valence-corrected chi connectivity index (χ3v) is 9.27. The van der Waals surface area contributed by atoms with Crippen molar-refractivity contribution in [1.82, 2.24) is 14.9 Å². The first-order valence-corrected chi connectivity index (χ1v) is 13.4. The van der Waals surface area contributed by atoms with E-state index in [1.54, 1.807) is 22.8 Å². The molecule has 2 heterocycles.